The van der Waals surface area contributed by atoms with E-state index in [1.165, 1.54) is 47.2 Å². The summed E-state index contributed by atoms with van der Waals surface area (Å²) in [6.45, 7) is 3.44. The molecule has 3 aromatic carbocycles. The van der Waals surface area contributed by atoms with Gasteiger partial charge < -0.3 is 10.2 Å². The number of nitrogens with one attached hydrogen (secondary N) is 1. The summed E-state index contributed by atoms with van der Waals surface area (Å²) in [7, 11) is 2.30. The highest BCUT2D eigenvalue weighted by Gasteiger charge is 2.34. The molecule has 30 heavy (non-hydrogen) atoms. The van der Waals surface area contributed by atoms with Gasteiger partial charge in [-0.3, -0.25) is 0 Å². The van der Waals surface area contributed by atoms with Crippen LogP contribution in [0.3, 0.4) is 0 Å². The zero-order valence-corrected chi connectivity index (χ0v) is 18.4. The van der Waals surface area contributed by atoms with E-state index in [4.69, 9.17) is 0 Å². The minimum Gasteiger partial charge on any atom is -0.376 e. The third kappa shape index (κ3) is 4.76. The minimum atomic E-state index is 0.324. The molecular weight excluding hydrogens is 364 g/mol. The lowest BCUT2D eigenvalue weighted by atomic mass is 10.0. The molecular formula is C28H34N2. The van der Waals surface area contributed by atoms with Crippen LogP contribution in [-0.2, 0) is 12.8 Å². The lowest BCUT2D eigenvalue weighted by molar-refractivity contribution is 0.225. The van der Waals surface area contributed by atoms with Gasteiger partial charge in [-0.2, -0.15) is 0 Å². The van der Waals surface area contributed by atoms with Crippen molar-refractivity contribution in [2.24, 2.45) is 0 Å². The fourth-order valence-corrected chi connectivity index (χ4v) is 4.73. The first-order chi connectivity index (χ1) is 14.8. The van der Waals surface area contributed by atoms with E-state index in [-0.39, 0.29) is 0 Å². The van der Waals surface area contributed by atoms with Crippen LogP contribution in [0.5, 0.6) is 0 Å². The second-order valence-electron chi connectivity index (χ2n) is 8.60. The second-order valence-corrected chi connectivity index (χ2v) is 8.60. The summed E-state index contributed by atoms with van der Waals surface area (Å²) in [6.07, 6.45) is 5.93. The fourth-order valence-electron chi connectivity index (χ4n) is 4.73. The fraction of sp³-hybridized carbons (Fsp3) is 0.357. The number of rotatable bonds is 9. The maximum absolute atomic E-state index is 3.97. The van der Waals surface area contributed by atoms with Crippen LogP contribution >= 0.6 is 0 Å². The predicted molar refractivity (Wildman–Crippen MR) is 128 cm³/mol. The second kappa shape index (κ2) is 9.95. The van der Waals surface area contributed by atoms with Gasteiger partial charge >= 0.3 is 0 Å². The third-order valence-corrected chi connectivity index (χ3v) is 6.45. The Morgan fingerprint density at radius 2 is 1.60 bits per heavy atom. The van der Waals surface area contributed by atoms with Crippen molar-refractivity contribution >= 4 is 5.69 Å². The molecule has 2 unspecified atom stereocenters. The van der Waals surface area contributed by atoms with E-state index in [0.29, 0.717) is 12.1 Å². The van der Waals surface area contributed by atoms with E-state index in [2.05, 4.69) is 103 Å². The molecule has 0 fully saturated rings. The molecule has 1 N–H and O–H groups in total. The molecule has 0 amide bonds. The van der Waals surface area contributed by atoms with Crippen molar-refractivity contribution < 1.29 is 0 Å². The van der Waals surface area contributed by atoms with E-state index in [1.54, 1.807) is 0 Å². The Labute approximate surface area is 181 Å². The molecule has 1 aliphatic carbocycles. The lowest BCUT2D eigenvalue weighted by Crippen LogP contribution is -2.38. The third-order valence-electron chi connectivity index (χ3n) is 6.45. The van der Waals surface area contributed by atoms with Gasteiger partial charge in [0.2, 0.25) is 0 Å². The van der Waals surface area contributed by atoms with Gasteiger partial charge in [0.15, 0.2) is 0 Å². The highest BCUT2D eigenvalue weighted by Crippen LogP contribution is 2.37. The van der Waals surface area contributed by atoms with Crippen LogP contribution in [0.2, 0.25) is 0 Å². The van der Waals surface area contributed by atoms with Crippen LogP contribution < -0.4 is 5.32 Å². The van der Waals surface area contributed by atoms with Crippen molar-refractivity contribution in [1.29, 1.82) is 0 Å². The summed E-state index contributed by atoms with van der Waals surface area (Å²) >= 11 is 0. The standard InChI is InChI=1S/C28H34N2/c1-3-4-12-19-30(2)27-21-23-15-8-10-17-25(23)28(27)29-26-18-11-9-16-24(26)20-22-13-6-5-7-14-22/h5-11,13-18,27-29H,3-4,12,19-21H2,1-2H3. The zero-order chi connectivity index (χ0) is 20.8. The molecule has 2 heteroatoms. The van der Waals surface area contributed by atoms with Crippen LogP contribution in [0.1, 0.15) is 54.5 Å². The van der Waals surface area contributed by atoms with Gasteiger partial charge in [0, 0.05) is 11.7 Å². The van der Waals surface area contributed by atoms with E-state index >= 15 is 0 Å². The Bertz CT molecular complexity index is 934. The first-order valence-electron chi connectivity index (χ1n) is 11.4. The molecule has 3 aromatic rings. The Hall–Kier alpha value is -2.58. The van der Waals surface area contributed by atoms with Crippen LogP contribution in [0.25, 0.3) is 0 Å². The molecule has 0 spiro atoms. The SMILES string of the molecule is CCCCCN(C)C1Cc2ccccc2C1Nc1ccccc1Cc1ccccc1. The molecule has 2 atom stereocenters. The molecule has 0 saturated heterocycles. The Balaban J connectivity index is 1.58. The average Bonchev–Trinajstić information content (AvgIpc) is 3.14. The zero-order valence-electron chi connectivity index (χ0n) is 18.4. The van der Waals surface area contributed by atoms with Crippen molar-refractivity contribution in [3.63, 3.8) is 0 Å². The molecule has 156 valence electrons. The highest BCUT2D eigenvalue weighted by atomic mass is 15.2. The molecule has 2 nitrogen and oxygen atoms in total. The number of para-hydroxylation sites is 1. The summed E-state index contributed by atoms with van der Waals surface area (Å²) in [5.74, 6) is 0. The Morgan fingerprint density at radius 3 is 2.43 bits per heavy atom. The van der Waals surface area contributed by atoms with Gasteiger partial charge in [-0.15, -0.1) is 0 Å². The van der Waals surface area contributed by atoms with Crippen LogP contribution in [0, 0.1) is 0 Å². The summed E-state index contributed by atoms with van der Waals surface area (Å²) < 4.78 is 0. The van der Waals surface area contributed by atoms with Crippen LogP contribution in [-0.4, -0.2) is 24.5 Å². The molecule has 0 radical (unpaired) electrons. The van der Waals surface area contributed by atoms with E-state index < -0.39 is 0 Å². The smallest absolute Gasteiger partial charge is 0.0675 e. The van der Waals surface area contributed by atoms with E-state index in [1.807, 2.05) is 0 Å². The average molecular weight is 399 g/mol. The number of benzene rings is 3. The van der Waals surface area contributed by atoms with Gasteiger partial charge in [-0.1, -0.05) is 92.6 Å². The Kier molecular flexibility index (Phi) is 6.86. The molecule has 0 saturated carbocycles. The number of unbranched alkanes of at least 4 members (excludes halogenated alkanes) is 2. The first kappa shape index (κ1) is 20.7. The van der Waals surface area contributed by atoms with Crippen LogP contribution in [0.4, 0.5) is 5.69 Å². The van der Waals surface area contributed by atoms with Crippen molar-refractivity contribution in [2.75, 3.05) is 18.9 Å². The lowest BCUT2D eigenvalue weighted by Gasteiger charge is -2.32. The molecule has 0 aromatic heterocycles. The van der Waals surface area contributed by atoms with Gasteiger partial charge in [0.25, 0.3) is 0 Å². The van der Waals surface area contributed by atoms with Gasteiger partial charge in [0.05, 0.1) is 6.04 Å². The van der Waals surface area contributed by atoms with Gasteiger partial charge in [0.1, 0.15) is 0 Å². The summed E-state index contributed by atoms with van der Waals surface area (Å²) in [5, 5.41) is 3.97. The van der Waals surface area contributed by atoms with Crippen LogP contribution in [0.15, 0.2) is 78.9 Å². The number of fused-ring (bicyclic) bond motifs is 1. The minimum absolute atomic E-state index is 0.324. The van der Waals surface area contributed by atoms with Crippen molar-refractivity contribution in [2.45, 2.75) is 51.1 Å². The highest BCUT2D eigenvalue weighted by molar-refractivity contribution is 5.56. The largest absolute Gasteiger partial charge is 0.376 e. The molecule has 4 rings (SSSR count). The summed E-state index contributed by atoms with van der Waals surface area (Å²) in [5.41, 5.74) is 6.92. The maximum atomic E-state index is 3.97. The molecule has 0 aliphatic heterocycles. The number of hydrogen-bond donors (Lipinski definition) is 1. The number of anilines is 1. The van der Waals surface area contributed by atoms with Crippen molar-refractivity contribution in [1.82, 2.24) is 4.90 Å². The summed E-state index contributed by atoms with van der Waals surface area (Å²) in [4.78, 5) is 2.58. The monoisotopic (exact) mass is 398 g/mol. The number of nitrogens with zero attached hydrogens (tertiary/aromatic N) is 1. The predicted octanol–water partition coefficient (Wildman–Crippen LogP) is 6.48. The van der Waals surface area contributed by atoms with Gasteiger partial charge in [-0.05, 0) is 61.2 Å². The normalized spacial score (nSPS) is 17.8. The first-order valence-corrected chi connectivity index (χ1v) is 11.4. The maximum Gasteiger partial charge on any atom is 0.0675 e. The molecule has 0 heterocycles. The van der Waals surface area contributed by atoms with E-state index in [9.17, 15) is 0 Å². The number of hydrogen-bond acceptors (Lipinski definition) is 2. The topological polar surface area (TPSA) is 15.3 Å². The number of likely N-dealkylation sites (N-methyl/N-ethyl adjacent to an activating group) is 1. The summed E-state index contributed by atoms with van der Waals surface area (Å²) in [6, 6.07) is 29.4. The quantitative estimate of drug-likeness (QED) is 0.415. The van der Waals surface area contributed by atoms with Gasteiger partial charge in [-0.25, -0.2) is 0 Å². The van der Waals surface area contributed by atoms with Crippen molar-refractivity contribution in [3.8, 4) is 0 Å². The van der Waals surface area contributed by atoms with E-state index in [0.717, 1.165) is 19.4 Å². The molecule has 1 aliphatic rings. The Morgan fingerprint density at radius 1 is 0.867 bits per heavy atom. The molecule has 0 bridgehead atoms. The van der Waals surface area contributed by atoms with Crippen molar-refractivity contribution in [3.05, 3.63) is 101 Å².